The number of nitrogens with two attached hydrogens (primary N) is 1. The Bertz CT molecular complexity index is 643. The van der Waals surface area contributed by atoms with Crippen LogP contribution in [-0.2, 0) is 11.3 Å². The van der Waals surface area contributed by atoms with E-state index >= 15 is 0 Å². The van der Waals surface area contributed by atoms with Crippen LogP contribution in [0.15, 0.2) is 73.0 Å². The van der Waals surface area contributed by atoms with E-state index in [0.29, 0.717) is 6.54 Å². The van der Waals surface area contributed by atoms with Crippen molar-refractivity contribution in [2.75, 3.05) is 0 Å². The summed E-state index contributed by atoms with van der Waals surface area (Å²) in [5.41, 5.74) is 10.4. The molecule has 1 atom stereocenters. The Balaban J connectivity index is 1.96. The Morgan fingerprint density at radius 3 is 2.50 bits per heavy atom. The summed E-state index contributed by atoms with van der Waals surface area (Å²) in [6, 6.07) is 18.5. The van der Waals surface area contributed by atoms with Crippen molar-refractivity contribution in [2.45, 2.75) is 12.6 Å². The van der Waals surface area contributed by atoms with Gasteiger partial charge in [-0.3, -0.25) is 0 Å². The van der Waals surface area contributed by atoms with Gasteiger partial charge in [0, 0.05) is 12.1 Å². The summed E-state index contributed by atoms with van der Waals surface area (Å²) in [4.78, 5) is 0. The van der Waals surface area contributed by atoms with Crippen molar-refractivity contribution in [2.24, 2.45) is 5.73 Å². The van der Waals surface area contributed by atoms with Crippen molar-refractivity contribution in [3.8, 4) is 0 Å². The van der Waals surface area contributed by atoms with Crippen molar-refractivity contribution < 1.29 is 4.74 Å². The standard InChI is InChI=1S/C18H17NO/c19-13-16-8-4-5-9-17(16)18-12-15(10-11-20-18)14-6-2-1-3-7-14/h1-12,18H,13,19H2. The first-order valence-electron chi connectivity index (χ1n) is 6.75. The summed E-state index contributed by atoms with van der Waals surface area (Å²) in [6.07, 6.45) is 5.83. The molecular weight excluding hydrogens is 246 g/mol. The van der Waals surface area contributed by atoms with Crippen molar-refractivity contribution in [3.05, 3.63) is 89.7 Å². The van der Waals surface area contributed by atoms with Gasteiger partial charge in [0.2, 0.25) is 0 Å². The lowest BCUT2D eigenvalue weighted by molar-refractivity contribution is 0.186. The van der Waals surface area contributed by atoms with Crippen LogP contribution in [0.2, 0.25) is 0 Å². The Morgan fingerprint density at radius 2 is 1.70 bits per heavy atom. The summed E-state index contributed by atoms with van der Waals surface area (Å²) in [7, 11) is 0. The minimum absolute atomic E-state index is 0.0741. The average molecular weight is 263 g/mol. The minimum atomic E-state index is -0.0741. The van der Waals surface area contributed by atoms with Gasteiger partial charge in [0.25, 0.3) is 0 Å². The van der Waals surface area contributed by atoms with Gasteiger partial charge in [-0.15, -0.1) is 0 Å². The summed E-state index contributed by atoms with van der Waals surface area (Å²) in [5, 5.41) is 0. The molecule has 0 bridgehead atoms. The Kier molecular flexibility index (Phi) is 3.66. The van der Waals surface area contributed by atoms with Crippen LogP contribution in [0.1, 0.15) is 22.8 Å². The van der Waals surface area contributed by atoms with Crippen LogP contribution in [0.4, 0.5) is 0 Å². The zero-order valence-electron chi connectivity index (χ0n) is 11.2. The monoisotopic (exact) mass is 263 g/mol. The van der Waals surface area contributed by atoms with E-state index in [1.165, 1.54) is 11.1 Å². The first kappa shape index (κ1) is 12.7. The lowest BCUT2D eigenvalue weighted by Gasteiger charge is -2.21. The highest BCUT2D eigenvalue weighted by atomic mass is 16.5. The third kappa shape index (κ3) is 2.51. The molecule has 2 aromatic rings. The lowest BCUT2D eigenvalue weighted by Crippen LogP contribution is -2.08. The van der Waals surface area contributed by atoms with E-state index in [9.17, 15) is 0 Å². The molecule has 0 fully saturated rings. The molecule has 2 aromatic carbocycles. The van der Waals surface area contributed by atoms with E-state index in [2.05, 4.69) is 24.3 Å². The van der Waals surface area contributed by atoms with Crippen molar-refractivity contribution in [1.29, 1.82) is 0 Å². The molecule has 1 aliphatic heterocycles. The normalized spacial score (nSPS) is 17.4. The summed E-state index contributed by atoms with van der Waals surface area (Å²) < 4.78 is 5.75. The average Bonchev–Trinajstić information content (AvgIpc) is 2.56. The van der Waals surface area contributed by atoms with Crippen LogP contribution < -0.4 is 5.73 Å². The predicted molar refractivity (Wildman–Crippen MR) is 81.7 cm³/mol. The molecule has 1 aliphatic rings. The maximum atomic E-state index is 5.81. The van der Waals surface area contributed by atoms with E-state index in [1.807, 2.05) is 42.5 Å². The van der Waals surface area contributed by atoms with Crippen LogP contribution in [0.3, 0.4) is 0 Å². The second-order valence-corrected chi connectivity index (χ2v) is 4.75. The Labute approximate surface area is 119 Å². The van der Waals surface area contributed by atoms with Gasteiger partial charge in [0.05, 0.1) is 6.26 Å². The molecular formula is C18H17NO. The van der Waals surface area contributed by atoms with E-state index in [1.54, 1.807) is 6.26 Å². The highest BCUT2D eigenvalue weighted by Gasteiger charge is 2.16. The predicted octanol–water partition coefficient (Wildman–Crippen LogP) is 3.81. The third-order valence-corrected chi connectivity index (χ3v) is 3.49. The Morgan fingerprint density at radius 1 is 0.950 bits per heavy atom. The fourth-order valence-electron chi connectivity index (χ4n) is 2.44. The molecule has 0 radical (unpaired) electrons. The van der Waals surface area contributed by atoms with Crippen LogP contribution in [0.5, 0.6) is 0 Å². The fraction of sp³-hybridized carbons (Fsp3) is 0.111. The molecule has 0 aromatic heterocycles. The lowest BCUT2D eigenvalue weighted by atomic mass is 9.96. The zero-order chi connectivity index (χ0) is 13.8. The molecule has 0 saturated heterocycles. The van der Waals surface area contributed by atoms with Gasteiger partial charge in [0.1, 0.15) is 6.10 Å². The largest absolute Gasteiger partial charge is 0.489 e. The highest BCUT2D eigenvalue weighted by Crippen LogP contribution is 2.30. The molecule has 0 saturated carbocycles. The molecule has 1 heterocycles. The SMILES string of the molecule is NCc1ccccc1C1C=C(c2ccccc2)C=CO1. The summed E-state index contributed by atoms with van der Waals surface area (Å²) >= 11 is 0. The summed E-state index contributed by atoms with van der Waals surface area (Å²) in [5.74, 6) is 0. The van der Waals surface area contributed by atoms with Crippen LogP contribution >= 0.6 is 0 Å². The van der Waals surface area contributed by atoms with Gasteiger partial charge in [-0.1, -0.05) is 54.6 Å². The number of hydrogen-bond acceptors (Lipinski definition) is 2. The molecule has 3 rings (SSSR count). The number of rotatable bonds is 3. The summed E-state index contributed by atoms with van der Waals surface area (Å²) in [6.45, 7) is 0.522. The topological polar surface area (TPSA) is 35.2 Å². The molecule has 20 heavy (non-hydrogen) atoms. The zero-order valence-corrected chi connectivity index (χ0v) is 11.2. The van der Waals surface area contributed by atoms with Crippen LogP contribution in [-0.4, -0.2) is 0 Å². The van der Waals surface area contributed by atoms with Crippen LogP contribution in [0.25, 0.3) is 5.57 Å². The van der Waals surface area contributed by atoms with E-state index in [4.69, 9.17) is 10.5 Å². The first-order chi connectivity index (χ1) is 9.88. The van der Waals surface area contributed by atoms with Crippen molar-refractivity contribution in [3.63, 3.8) is 0 Å². The van der Waals surface area contributed by atoms with Gasteiger partial charge in [-0.2, -0.15) is 0 Å². The van der Waals surface area contributed by atoms with E-state index < -0.39 is 0 Å². The van der Waals surface area contributed by atoms with Gasteiger partial charge < -0.3 is 10.5 Å². The van der Waals surface area contributed by atoms with Gasteiger partial charge in [-0.05, 0) is 28.9 Å². The molecule has 0 spiro atoms. The van der Waals surface area contributed by atoms with Gasteiger partial charge in [-0.25, -0.2) is 0 Å². The van der Waals surface area contributed by atoms with E-state index in [-0.39, 0.29) is 6.10 Å². The second kappa shape index (κ2) is 5.76. The van der Waals surface area contributed by atoms with Gasteiger partial charge in [0.15, 0.2) is 0 Å². The van der Waals surface area contributed by atoms with Crippen molar-refractivity contribution in [1.82, 2.24) is 0 Å². The van der Waals surface area contributed by atoms with E-state index in [0.717, 1.165) is 11.1 Å². The number of hydrogen-bond donors (Lipinski definition) is 1. The molecule has 2 nitrogen and oxygen atoms in total. The highest BCUT2D eigenvalue weighted by molar-refractivity contribution is 5.75. The second-order valence-electron chi connectivity index (χ2n) is 4.75. The smallest absolute Gasteiger partial charge is 0.142 e. The minimum Gasteiger partial charge on any atom is -0.489 e. The third-order valence-electron chi connectivity index (χ3n) is 3.49. The molecule has 2 N–H and O–H groups in total. The number of allylic oxidation sites excluding steroid dienone is 2. The van der Waals surface area contributed by atoms with Gasteiger partial charge >= 0.3 is 0 Å². The molecule has 100 valence electrons. The number of benzene rings is 2. The number of ether oxygens (including phenoxy) is 1. The maximum Gasteiger partial charge on any atom is 0.142 e. The van der Waals surface area contributed by atoms with Crippen LogP contribution in [0, 0.1) is 0 Å². The molecule has 1 unspecified atom stereocenters. The first-order valence-corrected chi connectivity index (χ1v) is 6.75. The molecule has 0 amide bonds. The molecule has 0 aliphatic carbocycles. The Hall–Kier alpha value is -2.32. The molecule has 2 heteroatoms. The van der Waals surface area contributed by atoms with Crippen molar-refractivity contribution >= 4 is 5.57 Å². The quantitative estimate of drug-likeness (QED) is 0.913. The fourth-order valence-corrected chi connectivity index (χ4v) is 2.44. The maximum absolute atomic E-state index is 5.81.